The molecule has 3 aromatic rings. The number of rotatable bonds is 6. The summed E-state index contributed by atoms with van der Waals surface area (Å²) >= 11 is 0. The highest BCUT2D eigenvalue weighted by molar-refractivity contribution is 6.02. The van der Waals surface area contributed by atoms with Gasteiger partial charge in [-0.15, -0.1) is 0 Å². The van der Waals surface area contributed by atoms with Gasteiger partial charge >= 0.3 is 0 Å². The Morgan fingerprint density at radius 1 is 1.00 bits per heavy atom. The summed E-state index contributed by atoms with van der Waals surface area (Å²) in [5.41, 5.74) is 5.32. The molecule has 0 spiro atoms. The van der Waals surface area contributed by atoms with E-state index in [0.29, 0.717) is 23.6 Å². The molecule has 3 aromatic carbocycles. The third-order valence-corrected chi connectivity index (χ3v) is 3.95. The van der Waals surface area contributed by atoms with Gasteiger partial charge in [0.05, 0.1) is 5.71 Å². The molecule has 3 rings (SSSR count). The van der Waals surface area contributed by atoms with Gasteiger partial charge in [0.25, 0.3) is 5.91 Å². The Morgan fingerprint density at radius 3 is 2.52 bits per heavy atom. The number of hydrazone groups is 1. The summed E-state index contributed by atoms with van der Waals surface area (Å²) in [4.78, 5) is 12.2. The second-order valence-electron chi connectivity index (χ2n) is 5.96. The van der Waals surface area contributed by atoms with Crippen LogP contribution in [0.2, 0.25) is 0 Å². The molecule has 1 amide bonds. The quantitative estimate of drug-likeness (QED) is 0.513. The Morgan fingerprint density at radius 2 is 1.74 bits per heavy atom. The van der Waals surface area contributed by atoms with Gasteiger partial charge in [-0.1, -0.05) is 48.5 Å². The zero-order valence-corrected chi connectivity index (χ0v) is 14.9. The van der Waals surface area contributed by atoms with E-state index in [2.05, 4.69) is 10.5 Å². The number of carbonyl (C=O) groups excluding carboxylic acids is 1. The van der Waals surface area contributed by atoms with E-state index in [4.69, 9.17) is 4.74 Å². The minimum atomic E-state index is -0.395. The summed E-state index contributed by atoms with van der Waals surface area (Å²) in [6.07, 6.45) is 0. The van der Waals surface area contributed by atoms with Gasteiger partial charge in [-0.3, -0.25) is 4.79 Å². The van der Waals surface area contributed by atoms with E-state index in [9.17, 15) is 9.90 Å². The molecule has 5 nitrogen and oxygen atoms in total. The van der Waals surface area contributed by atoms with Crippen LogP contribution in [0.25, 0.3) is 0 Å². The van der Waals surface area contributed by atoms with Crippen molar-refractivity contribution in [3.8, 4) is 11.5 Å². The van der Waals surface area contributed by atoms with E-state index in [1.165, 1.54) is 12.1 Å². The standard InChI is InChI=1S/C22H20N2O3/c1-16(23-24-22(26)18-10-7-11-19(25)14-18)20-12-5-6-13-21(20)27-15-17-8-3-2-4-9-17/h2-14,25H,15H2,1H3,(H,24,26)/b23-16-. The first-order valence-corrected chi connectivity index (χ1v) is 8.53. The van der Waals surface area contributed by atoms with Crippen molar-refractivity contribution in [3.05, 3.63) is 95.6 Å². The van der Waals surface area contributed by atoms with Gasteiger partial charge in [0, 0.05) is 11.1 Å². The summed E-state index contributed by atoms with van der Waals surface area (Å²) in [5.74, 6) is 0.324. The Kier molecular flexibility index (Phi) is 5.84. The number of amides is 1. The molecule has 0 fully saturated rings. The lowest BCUT2D eigenvalue weighted by molar-refractivity contribution is 0.0954. The van der Waals surface area contributed by atoms with Crippen LogP contribution in [0.3, 0.4) is 0 Å². The van der Waals surface area contributed by atoms with E-state index in [-0.39, 0.29) is 5.75 Å². The number of nitrogens with one attached hydrogen (secondary N) is 1. The zero-order valence-electron chi connectivity index (χ0n) is 14.9. The van der Waals surface area contributed by atoms with Crippen LogP contribution in [0.15, 0.2) is 84.0 Å². The average molecular weight is 360 g/mol. The lowest BCUT2D eigenvalue weighted by Gasteiger charge is -2.11. The maximum absolute atomic E-state index is 12.2. The van der Waals surface area contributed by atoms with Crippen LogP contribution in [-0.4, -0.2) is 16.7 Å². The maximum Gasteiger partial charge on any atom is 0.271 e. The van der Waals surface area contributed by atoms with Crippen molar-refractivity contribution in [2.24, 2.45) is 5.10 Å². The largest absolute Gasteiger partial charge is 0.508 e. The fourth-order valence-corrected chi connectivity index (χ4v) is 2.53. The van der Waals surface area contributed by atoms with E-state index < -0.39 is 5.91 Å². The second-order valence-corrected chi connectivity index (χ2v) is 5.96. The monoisotopic (exact) mass is 360 g/mol. The fraction of sp³-hybridized carbons (Fsp3) is 0.0909. The van der Waals surface area contributed by atoms with Crippen LogP contribution in [-0.2, 0) is 6.61 Å². The summed E-state index contributed by atoms with van der Waals surface area (Å²) < 4.78 is 5.92. The molecule has 0 aliphatic rings. The Hall–Kier alpha value is -3.60. The number of phenols is 1. The third kappa shape index (κ3) is 4.95. The number of nitrogens with zero attached hydrogens (tertiary/aromatic N) is 1. The molecule has 0 unspecified atom stereocenters. The SMILES string of the molecule is C/C(=N/NC(=O)c1cccc(O)c1)c1ccccc1OCc1ccccc1. The van der Waals surface area contributed by atoms with Crippen molar-refractivity contribution in [2.75, 3.05) is 0 Å². The van der Waals surface area contributed by atoms with Crippen molar-refractivity contribution in [3.63, 3.8) is 0 Å². The molecule has 0 aliphatic carbocycles. The summed E-state index contributed by atoms with van der Waals surface area (Å²) in [6.45, 7) is 2.24. The summed E-state index contributed by atoms with van der Waals surface area (Å²) in [7, 11) is 0. The Balaban J connectivity index is 1.71. The first kappa shape index (κ1) is 18.2. The van der Waals surface area contributed by atoms with Crippen molar-refractivity contribution in [2.45, 2.75) is 13.5 Å². The van der Waals surface area contributed by atoms with E-state index >= 15 is 0 Å². The number of para-hydroxylation sites is 1. The van der Waals surface area contributed by atoms with E-state index in [1.54, 1.807) is 19.1 Å². The van der Waals surface area contributed by atoms with Gasteiger partial charge < -0.3 is 9.84 Å². The predicted molar refractivity (Wildman–Crippen MR) is 105 cm³/mol. The molecule has 0 radical (unpaired) electrons. The second kappa shape index (κ2) is 8.67. The third-order valence-electron chi connectivity index (χ3n) is 3.95. The van der Waals surface area contributed by atoms with Gasteiger partial charge in [0.15, 0.2) is 0 Å². The zero-order chi connectivity index (χ0) is 19.1. The first-order chi connectivity index (χ1) is 13.1. The molecule has 0 aromatic heterocycles. The molecular formula is C22H20N2O3. The van der Waals surface area contributed by atoms with Crippen molar-refractivity contribution >= 4 is 11.6 Å². The van der Waals surface area contributed by atoms with E-state index in [0.717, 1.165) is 11.1 Å². The molecule has 0 saturated carbocycles. The Bertz CT molecular complexity index is 953. The highest BCUT2D eigenvalue weighted by Gasteiger charge is 2.09. The van der Waals surface area contributed by atoms with Gasteiger partial charge in [0.1, 0.15) is 18.1 Å². The molecule has 27 heavy (non-hydrogen) atoms. The van der Waals surface area contributed by atoms with Gasteiger partial charge in [-0.25, -0.2) is 5.43 Å². The molecule has 5 heteroatoms. The van der Waals surface area contributed by atoms with Gasteiger partial charge in [-0.2, -0.15) is 5.10 Å². The minimum Gasteiger partial charge on any atom is -0.508 e. The van der Waals surface area contributed by atoms with E-state index in [1.807, 2.05) is 54.6 Å². The predicted octanol–water partition coefficient (Wildman–Crippen LogP) is 4.13. The number of hydrogen-bond donors (Lipinski definition) is 2. The van der Waals surface area contributed by atoms with Crippen LogP contribution in [0.4, 0.5) is 0 Å². The first-order valence-electron chi connectivity index (χ1n) is 8.53. The molecule has 0 heterocycles. The number of hydrogen-bond acceptors (Lipinski definition) is 4. The van der Waals surface area contributed by atoms with Crippen molar-refractivity contribution in [1.82, 2.24) is 5.43 Å². The van der Waals surface area contributed by atoms with Crippen LogP contribution in [0.1, 0.15) is 28.4 Å². The van der Waals surface area contributed by atoms with Gasteiger partial charge in [-0.05, 0) is 42.8 Å². The number of ether oxygens (including phenoxy) is 1. The molecule has 2 N–H and O–H groups in total. The van der Waals surface area contributed by atoms with Crippen molar-refractivity contribution in [1.29, 1.82) is 0 Å². The minimum absolute atomic E-state index is 0.0306. The lowest BCUT2D eigenvalue weighted by atomic mass is 10.1. The molecule has 0 bridgehead atoms. The number of carbonyl (C=O) groups is 1. The summed E-state index contributed by atoms with van der Waals surface area (Å²) in [5, 5.41) is 13.6. The number of benzene rings is 3. The van der Waals surface area contributed by atoms with Crippen LogP contribution in [0, 0.1) is 0 Å². The van der Waals surface area contributed by atoms with Crippen LogP contribution in [0.5, 0.6) is 11.5 Å². The fourth-order valence-electron chi connectivity index (χ4n) is 2.53. The number of phenolic OH excluding ortho intramolecular Hbond substituents is 1. The highest BCUT2D eigenvalue weighted by Crippen LogP contribution is 2.20. The highest BCUT2D eigenvalue weighted by atomic mass is 16.5. The molecule has 0 atom stereocenters. The van der Waals surface area contributed by atoms with Crippen molar-refractivity contribution < 1.29 is 14.6 Å². The molecule has 0 aliphatic heterocycles. The van der Waals surface area contributed by atoms with Crippen LogP contribution >= 0.6 is 0 Å². The smallest absolute Gasteiger partial charge is 0.271 e. The normalized spacial score (nSPS) is 11.1. The molecular weight excluding hydrogens is 340 g/mol. The topological polar surface area (TPSA) is 70.9 Å². The number of aromatic hydroxyl groups is 1. The maximum atomic E-state index is 12.2. The lowest BCUT2D eigenvalue weighted by Crippen LogP contribution is -2.19. The average Bonchev–Trinajstić information content (AvgIpc) is 2.71. The molecule has 136 valence electrons. The molecule has 0 saturated heterocycles. The van der Waals surface area contributed by atoms with Crippen LogP contribution < -0.4 is 10.2 Å². The van der Waals surface area contributed by atoms with Gasteiger partial charge in [0.2, 0.25) is 0 Å². The summed E-state index contributed by atoms with van der Waals surface area (Å²) in [6, 6.07) is 23.5. The Labute approximate surface area is 157 Å².